The lowest BCUT2D eigenvalue weighted by atomic mass is 10.1. The number of carbonyl (C=O) groups is 1. The Morgan fingerprint density at radius 2 is 2.07 bits per heavy atom. The standard InChI is InChI=1S/C11H11Cl2FO/c12-6-2-1-3-11(15)8-4-5-9(13)10(14)7-8/h4-5,7H,1-3,6H2. The van der Waals surface area contributed by atoms with Gasteiger partial charge < -0.3 is 0 Å². The average molecular weight is 249 g/mol. The van der Waals surface area contributed by atoms with Gasteiger partial charge in [-0.15, -0.1) is 11.6 Å². The maximum atomic E-state index is 13.0. The van der Waals surface area contributed by atoms with Crippen molar-refractivity contribution in [1.29, 1.82) is 0 Å². The molecule has 0 spiro atoms. The molecule has 0 heterocycles. The maximum absolute atomic E-state index is 13.0. The zero-order valence-corrected chi connectivity index (χ0v) is 9.61. The van der Waals surface area contributed by atoms with Crippen molar-refractivity contribution in [2.24, 2.45) is 0 Å². The van der Waals surface area contributed by atoms with Crippen LogP contribution < -0.4 is 0 Å². The van der Waals surface area contributed by atoms with E-state index in [1.54, 1.807) is 0 Å². The molecule has 1 aromatic carbocycles. The van der Waals surface area contributed by atoms with Gasteiger partial charge in [-0.1, -0.05) is 11.6 Å². The highest BCUT2D eigenvalue weighted by atomic mass is 35.5. The first-order valence-corrected chi connectivity index (χ1v) is 5.60. The molecular formula is C11H11Cl2FO. The SMILES string of the molecule is O=C(CCCCCl)c1ccc(Cl)c(F)c1. The summed E-state index contributed by atoms with van der Waals surface area (Å²) in [6, 6.07) is 4.10. The molecule has 1 nitrogen and oxygen atoms in total. The van der Waals surface area contributed by atoms with Crippen molar-refractivity contribution in [3.8, 4) is 0 Å². The Morgan fingerprint density at radius 3 is 2.67 bits per heavy atom. The highest BCUT2D eigenvalue weighted by molar-refractivity contribution is 6.30. The number of hydrogen-bond acceptors (Lipinski definition) is 1. The van der Waals surface area contributed by atoms with E-state index in [9.17, 15) is 9.18 Å². The van der Waals surface area contributed by atoms with Gasteiger partial charge in [-0.2, -0.15) is 0 Å². The molecule has 0 aliphatic carbocycles. The van der Waals surface area contributed by atoms with Crippen molar-refractivity contribution in [1.82, 2.24) is 0 Å². The van der Waals surface area contributed by atoms with Gasteiger partial charge in [-0.25, -0.2) is 4.39 Å². The van der Waals surface area contributed by atoms with Gasteiger partial charge in [0.05, 0.1) is 5.02 Å². The van der Waals surface area contributed by atoms with Crippen molar-refractivity contribution in [3.05, 3.63) is 34.6 Å². The minimum atomic E-state index is -0.556. The van der Waals surface area contributed by atoms with Crippen LogP contribution in [0.25, 0.3) is 0 Å². The lowest BCUT2D eigenvalue weighted by Gasteiger charge is -2.01. The van der Waals surface area contributed by atoms with Gasteiger partial charge in [-0.05, 0) is 31.0 Å². The van der Waals surface area contributed by atoms with Gasteiger partial charge >= 0.3 is 0 Å². The minimum absolute atomic E-state index is 0.0345. The van der Waals surface area contributed by atoms with Crippen LogP contribution in [0.2, 0.25) is 5.02 Å². The summed E-state index contributed by atoms with van der Waals surface area (Å²) in [7, 11) is 0. The number of unbranched alkanes of at least 4 members (excludes halogenated alkanes) is 1. The first-order chi connectivity index (χ1) is 7.15. The molecule has 0 saturated heterocycles. The van der Waals surface area contributed by atoms with E-state index < -0.39 is 5.82 Å². The molecule has 4 heteroatoms. The van der Waals surface area contributed by atoms with Crippen molar-refractivity contribution in [3.63, 3.8) is 0 Å². The van der Waals surface area contributed by atoms with Crippen LogP contribution >= 0.6 is 23.2 Å². The number of halogens is 3. The fourth-order valence-electron chi connectivity index (χ4n) is 1.19. The van der Waals surface area contributed by atoms with Crippen LogP contribution in [0, 0.1) is 5.82 Å². The maximum Gasteiger partial charge on any atom is 0.162 e. The monoisotopic (exact) mass is 248 g/mol. The molecular weight excluding hydrogens is 238 g/mol. The Labute approximate surface area is 98.2 Å². The summed E-state index contributed by atoms with van der Waals surface area (Å²) in [6.07, 6.45) is 1.92. The van der Waals surface area contributed by atoms with Gasteiger partial charge in [0.15, 0.2) is 5.78 Å². The van der Waals surface area contributed by atoms with Crippen LogP contribution in [0.5, 0.6) is 0 Å². The summed E-state index contributed by atoms with van der Waals surface area (Å²) in [5.41, 5.74) is 0.367. The Bertz CT molecular complexity index is 352. The van der Waals surface area contributed by atoms with Gasteiger partial charge in [0, 0.05) is 17.9 Å². The Balaban J connectivity index is 2.62. The smallest absolute Gasteiger partial charge is 0.162 e. The highest BCUT2D eigenvalue weighted by Crippen LogP contribution is 2.17. The zero-order chi connectivity index (χ0) is 11.3. The second-order valence-electron chi connectivity index (χ2n) is 3.20. The summed E-state index contributed by atoms with van der Waals surface area (Å²) in [5, 5.41) is 0.0345. The highest BCUT2D eigenvalue weighted by Gasteiger charge is 2.08. The van der Waals surface area contributed by atoms with E-state index in [0.717, 1.165) is 12.8 Å². The normalized spacial score (nSPS) is 10.3. The van der Waals surface area contributed by atoms with E-state index >= 15 is 0 Å². The molecule has 0 aliphatic heterocycles. The first-order valence-electron chi connectivity index (χ1n) is 4.69. The third-order valence-electron chi connectivity index (χ3n) is 2.03. The second-order valence-corrected chi connectivity index (χ2v) is 3.98. The van der Waals surface area contributed by atoms with E-state index in [0.29, 0.717) is 17.9 Å². The van der Waals surface area contributed by atoms with Crippen molar-refractivity contribution in [2.45, 2.75) is 19.3 Å². The predicted octanol–water partition coefficient (Wildman–Crippen LogP) is 4.07. The van der Waals surface area contributed by atoms with Gasteiger partial charge in [-0.3, -0.25) is 4.79 Å². The molecule has 1 rings (SSSR count). The van der Waals surface area contributed by atoms with Crippen molar-refractivity contribution in [2.75, 3.05) is 5.88 Å². The largest absolute Gasteiger partial charge is 0.294 e. The number of alkyl halides is 1. The summed E-state index contributed by atoms with van der Waals surface area (Å²) < 4.78 is 13.0. The third kappa shape index (κ3) is 3.80. The number of rotatable bonds is 5. The summed E-state index contributed by atoms with van der Waals surface area (Å²) in [4.78, 5) is 11.5. The van der Waals surface area contributed by atoms with Crippen LogP contribution in [0.1, 0.15) is 29.6 Å². The molecule has 0 unspecified atom stereocenters. The predicted molar refractivity (Wildman–Crippen MR) is 60.3 cm³/mol. The van der Waals surface area contributed by atoms with Crippen LogP contribution in [-0.4, -0.2) is 11.7 Å². The topological polar surface area (TPSA) is 17.1 Å². The first kappa shape index (κ1) is 12.5. The molecule has 1 aromatic rings. The molecule has 15 heavy (non-hydrogen) atoms. The van der Waals surface area contributed by atoms with Crippen molar-refractivity contribution >= 4 is 29.0 Å². The van der Waals surface area contributed by atoms with Crippen LogP contribution in [-0.2, 0) is 0 Å². The third-order valence-corrected chi connectivity index (χ3v) is 2.60. The molecule has 0 amide bonds. The van der Waals surface area contributed by atoms with Crippen LogP contribution in [0.15, 0.2) is 18.2 Å². The Hall–Kier alpha value is -0.600. The van der Waals surface area contributed by atoms with Crippen molar-refractivity contribution < 1.29 is 9.18 Å². The minimum Gasteiger partial charge on any atom is -0.294 e. The molecule has 0 fully saturated rings. The lowest BCUT2D eigenvalue weighted by Crippen LogP contribution is -1.99. The fourth-order valence-corrected chi connectivity index (χ4v) is 1.50. The average Bonchev–Trinajstić information content (AvgIpc) is 2.22. The van der Waals surface area contributed by atoms with Crippen LogP contribution in [0.4, 0.5) is 4.39 Å². The number of Topliss-reactive ketones (excluding diaryl/α,β-unsaturated/α-hetero) is 1. The fraction of sp³-hybridized carbons (Fsp3) is 0.364. The molecule has 0 bridgehead atoms. The Morgan fingerprint density at radius 1 is 1.33 bits per heavy atom. The summed E-state index contributed by atoms with van der Waals surface area (Å²) >= 11 is 11.0. The second kappa shape index (κ2) is 6.09. The number of hydrogen-bond donors (Lipinski definition) is 0. The van der Waals surface area contributed by atoms with E-state index in [4.69, 9.17) is 23.2 Å². The van der Waals surface area contributed by atoms with Gasteiger partial charge in [0.25, 0.3) is 0 Å². The molecule has 0 N–H and O–H groups in total. The van der Waals surface area contributed by atoms with E-state index in [1.165, 1.54) is 18.2 Å². The molecule has 0 atom stereocenters. The van der Waals surface area contributed by atoms with E-state index in [2.05, 4.69) is 0 Å². The number of ketones is 1. The van der Waals surface area contributed by atoms with Gasteiger partial charge in [0.1, 0.15) is 5.82 Å². The molecule has 0 radical (unpaired) electrons. The van der Waals surface area contributed by atoms with Gasteiger partial charge in [0.2, 0.25) is 0 Å². The number of benzene rings is 1. The molecule has 0 aliphatic rings. The quantitative estimate of drug-likeness (QED) is 0.436. The molecule has 0 aromatic heterocycles. The van der Waals surface area contributed by atoms with E-state index in [-0.39, 0.29) is 10.8 Å². The van der Waals surface area contributed by atoms with E-state index in [1.807, 2.05) is 0 Å². The zero-order valence-electron chi connectivity index (χ0n) is 8.10. The molecule has 82 valence electrons. The summed E-state index contributed by atoms with van der Waals surface area (Å²) in [5.74, 6) is -0.0852. The number of carbonyl (C=O) groups excluding carboxylic acids is 1. The summed E-state index contributed by atoms with van der Waals surface area (Å²) in [6.45, 7) is 0. The lowest BCUT2D eigenvalue weighted by molar-refractivity contribution is 0.0979. The molecule has 0 saturated carbocycles. The van der Waals surface area contributed by atoms with Crippen LogP contribution in [0.3, 0.4) is 0 Å². The Kier molecular flexibility index (Phi) is 5.06.